The lowest BCUT2D eigenvalue weighted by molar-refractivity contribution is -0.135. The van der Waals surface area contributed by atoms with E-state index in [9.17, 15) is 4.79 Å². The van der Waals surface area contributed by atoms with E-state index in [4.69, 9.17) is 17.7 Å². The van der Waals surface area contributed by atoms with Crippen molar-refractivity contribution in [2.75, 3.05) is 37.8 Å². The summed E-state index contributed by atoms with van der Waals surface area (Å²) in [5, 5.41) is 0.00751. The maximum absolute atomic E-state index is 12.7. The van der Waals surface area contributed by atoms with Crippen LogP contribution in [-0.4, -0.2) is 56.0 Å². The predicted octanol–water partition coefficient (Wildman–Crippen LogP) is 5.87. The largest absolute Gasteiger partial charge is 0.519 e. The van der Waals surface area contributed by atoms with Gasteiger partial charge < -0.3 is 22.6 Å². The van der Waals surface area contributed by atoms with Gasteiger partial charge in [-0.15, -0.1) is 0 Å². The lowest BCUT2D eigenvalue weighted by Gasteiger charge is -2.35. The second-order valence-electron chi connectivity index (χ2n) is 9.39. The Hall–Kier alpha value is -1.20. The summed E-state index contributed by atoms with van der Waals surface area (Å²) >= 11 is 0. The average molecular weight is 484 g/mol. The van der Waals surface area contributed by atoms with E-state index >= 15 is 0 Å². The highest BCUT2D eigenvalue weighted by molar-refractivity contribution is 6.75. The number of nitrogens with zero attached hydrogens (tertiary/aromatic N) is 1. The third-order valence-corrected chi connectivity index (χ3v) is 13.4. The summed E-state index contributed by atoms with van der Waals surface area (Å²) in [4.78, 5) is 14.9. The number of para-hydroxylation sites is 1. The number of rotatable bonds is 15. The van der Waals surface area contributed by atoms with E-state index in [0.29, 0.717) is 32.8 Å². The number of carbonyl (C=O) groups excluding carboxylic acids is 1. The summed E-state index contributed by atoms with van der Waals surface area (Å²) in [6.07, 6.45) is 1.23. The molecule has 0 aliphatic rings. The van der Waals surface area contributed by atoms with Crippen molar-refractivity contribution in [1.82, 2.24) is 0 Å². The van der Waals surface area contributed by atoms with Crippen molar-refractivity contribution >= 4 is 28.8 Å². The summed E-state index contributed by atoms with van der Waals surface area (Å²) in [5.41, 5.74) is 1.10. The van der Waals surface area contributed by atoms with E-state index in [-0.39, 0.29) is 11.0 Å². The second-order valence-corrected chi connectivity index (χ2v) is 16.8. The maximum Gasteiger partial charge on any atom is 0.500 e. The number of hydrogen-bond acceptors (Lipinski definition) is 6. The highest BCUT2D eigenvalue weighted by Crippen LogP contribution is 2.36. The van der Waals surface area contributed by atoms with Crippen molar-refractivity contribution < 1.29 is 22.5 Å². The van der Waals surface area contributed by atoms with E-state index in [2.05, 4.69) is 50.9 Å². The first-order valence-electron chi connectivity index (χ1n) is 11.9. The van der Waals surface area contributed by atoms with Crippen molar-refractivity contribution in [3.63, 3.8) is 0 Å². The molecule has 0 fully saturated rings. The maximum atomic E-state index is 12.7. The fraction of sp³-hybridized carbons (Fsp3) is 0.708. The predicted molar refractivity (Wildman–Crippen MR) is 137 cm³/mol. The zero-order chi connectivity index (χ0) is 24.3. The Labute approximate surface area is 198 Å². The minimum absolute atomic E-state index is 0.00751. The molecule has 0 aromatic heterocycles. The molecule has 0 spiro atoms. The fourth-order valence-corrected chi connectivity index (χ4v) is 6.78. The standard InChI is InChI=1S/C24H45NO5Si2/c1-9-27-32(28-10-2,29-11-3)21-15-19-25(22-16-13-12-14-17-22)20-18-23(26)30-31(7,8)24(4,5)6/h12-14,16-17H,9-11,15,18-21H2,1-8H3. The van der Waals surface area contributed by atoms with E-state index in [1.807, 2.05) is 39.0 Å². The van der Waals surface area contributed by atoms with E-state index < -0.39 is 17.1 Å². The lowest BCUT2D eigenvalue weighted by atomic mass is 10.2. The molecule has 6 nitrogen and oxygen atoms in total. The molecule has 0 aliphatic heterocycles. The molecule has 1 aromatic rings. The Bertz CT molecular complexity index is 647. The Kier molecular flexibility index (Phi) is 12.2. The number of carbonyl (C=O) groups is 1. The van der Waals surface area contributed by atoms with Crippen LogP contribution in [0.4, 0.5) is 5.69 Å². The van der Waals surface area contributed by atoms with Gasteiger partial charge in [0.2, 0.25) is 0 Å². The van der Waals surface area contributed by atoms with Crippen molar-refractivity contribution in [2.24, 2.45) is 0 Å². The van der Waals surface area contributed by atoms with Crippen molar-refractivity contribution in [2.45, 2.75) is 78.6 Å². The van der Waals surface area contributed by atoms with Crippen molar-refractivity contribution in [3.8, 4) is 0 Å². The third kappa shape index (κ3) is 9.35. The monoisotopic (exact) mass is 483 g/mol. The van der Waals surface area contributed by atoms with Crippen LogP contribution < -0.4 is 4.90 Å². The van der Waals surface area contributed by atoms with Gasteiger partial charge in [-0.25, -0.2) is 0 Å². The SMILES string of the molecule is CCO[Si](CCCN(CCC(=O)O[Si](C)(C)C(C)(C)C)c1ccccc1)(OCC)OCC. The lowest BCUT2D eigenvalue weighted by Crippen LogP contribution is -2.46. The minimum atomic E-state index is -2.67. The third-order valence-electron chi connectivity index (χ3n) is 5.89. The molecule has 1 aromatic carbocycles. The molecule has 0 radical (unpaired) electrons. The summed E-state index contributed by atoms with van der Waals surface area (Å²) in [7, 11) is -4.78. The first-order chi connectivity index (χ1) is 15.0. The van der Waals surface area contributed by atoms with Crippen LogP contribution in [0.25, 0.3) is 0 Å². The van der Waals surface area contributed by atoms with Gasteiger partial charge in [0.25, 0.3) is 14.3 Å². The van der Waals surface area contributed by atoms with Gasteiger partial charge >= 0.3 is 8.80 Å². The van der Waals surface area contributed by atoms with Crippen LogP contribution in [0.2, 0.25) is 24.2 Å². The van der Waals surface area contributed by atoms with Crippen LogP contribution >= 0.6 is 0 Å². The molecule has 0 unspecified atom stereocenters. The molecule has 0 N–H and O–H groups in total. The Morgan fingerprint density at radius 3 is 1.91 bits per heavy atom. The normalized spacial score (nSPS) is 12.6. The zero-order valence-corrected chi connectivity index (χ0v) is 23.5. The Morgan fingerprint density at radius 2 is 1.44 bits per heavy atom. The molecule has 32 heavy (non-hydrogen) atoms. The smallest absolute Gasteiger partial charge is 0.500 e. The molecule has 0 saturated carbocycles. The van der Waals surface area contributed by atoms with Crippen LogP contribution in [0, 0.1) is 0 Å². The molecular formula is C24H45NO5Si2. The zero-order valence-electron chi connectivity index (χ0n) is 21.5. The van der Waals surface area contributed by atoms with Crippen molar-refractivity contribution in [3.05, 3.63) is 30.3 Å². The molecule has 184 valence electrons. The van der Waals surface area contributed by atoms with Gasteiger partial charge in [0.1, 0.15) is 0 Å². The van der Waals surface area contributed by atoms with Gasteiger partial charge in [-0.3, -0.25) is 4.79 Å². The van der Waals surface area contributed by atoms with Gasteiger partial charge in [0.15, 0.2) is 0 Å². The van der Waals surface area contributed by atoms with Crippen LogP contribution in [0.3, 0.4) is 0 Å². The average Bonchev–Trinajstić information content (AvgIpc) is 2.70. The van der Waals surface area contributed by atoms with Crippen LogP contribution in [0.1, 0.15) is 54.4 Å². The van der Waals surface area contributed by atoms with Crippen LogP contribution in [0.5, 0.6) is 0 Å². The van der Waals surface area contributed by atoms with Crippen molar-refractivity contribution in [1.29, 1.82) is 0 Å². The van der Waals surface area contributed by atoms with E-state index in [0.717, 1.165) is 24.7 Å². The number of benzene rings is 1. The van der Waals surface area contributed by atoms with Gasteiger partial charge in [-0.05, 0) is 57.5 Å². The first kappa shape index (κ1) is 28.8. The van der Waals surface area contributed by atoms with E-state index in [1.54, 1.807) is 0 Å². The van der Waals surface area contributed by atoms with E-state index in [1.165, 1.54) is 0 Å². The summed E-state index contributed by atoms with van der Waals surface area (Å²) in [6.45, 7) is 19.7. The van der Waals surface area contributed by atoms with Gasteiger partial charge in [-0.2, -0.15) is 0 Å². The summed E-state index contributed by atoms with van der Waals surface area (Å²) in [5.74, 6) is -0.112. The number of anilines is 1. The molecule has 0 saturated heterocycles. The molecule has 0 bridgehead atoms. The van der Waals surface area contributed by atoms with Crippen LogP contribution in [-0.2, 0) is 22.5 Å². The van der Waals surface area contributed by atoms with Crippen LogP contribution in [0.15, 0.2) is 30.3 Å². The molecule has 1 rings (SSSR count). The topological polar surface area (TPSA) is 57.2 Å². The molecular weight excluding hydrogens is 438 g/mol. The quantitative estimate of drug-likeness (QED) is 0.291. The first-order valence-corrected chi connectivity index (χ1v) is 16.8. The second kappa shape index (κ2) is 13.5. The Morgan fingerprint density at radius 1 is 0.906 bits per heavy atom. The molecule has 0 amide bonds. The number of hydrogen-bond donors (Lipinski definition) is 0. The molecule has 0 atom stereocenters. The van der Waals surface area contributed by atoms with Gasteiger partial charge in [0, 0.05) is 44.6 Å². The van der Waals surface area contributed by atoms with Gasteiger partial charge in [0.05, 0.1) is 6.42 Å². The van der Waals surface area contributed by atoms with Gasteiger partial charge in [-0.1, -0.05) is 39.0 Å². The molecule has 8 heteroatoms. The fourth-order valence-electron chi connectivity index (χ4n) is 3.21. The molecule has 0 heterocycles. The summed E-state index contributed by atoms with van der Waals surface area (Å²) < 4.78 is 23.9. The summed E-state index contributed by atoms with van der Waals surface area (Å²) in [6, 6.07) is 11.0. The highest BCUT2D eigenvalue weighted by Gasteiger charge is 2.41. The highest BCUT2D eigenvalue weighted by atomic mass is 28.4. The minimum Gasteiger partial charge on any atom is -0.519 e. The molecule has 0 aliphatic carbocycles. The Balaban J connectivity index is 2.81.